The number of amides is 1. The quantitative estimate of drug-likeness (QED) is 0.765. The Kier molecular flexibility index (Phi) is 5.32. The Hall–Kier alpha value is -1.63. The monoisotopic (exact) mass is 366 g/mol. The summed E-state index contributed by atoms with van der Waals surface area (Å²) >= 11 is 1.55. The molecule has 1 aromatic rings. The van der Waals surface area contributed by atoms with Gasteiger partial charge in [0.15, 0.2) is 0 Å². The number of thiazole rings is 1. The molecule has 25 heavy (non-hydrogen) atoms. The Morgan fingerprint density at radius 1 is 1.32 bits per heavy atom. The van der Waals surface area contributed by atoms with Gasteiger partial charge in [-0.1, -0.05) is 0 Å². The number of rotatable bonds is 4. The number of carbonyl (C=O) groups excluding carboxylic acids is 2. The predicted molar refractivity (Wildman–Crippen MR) is 94.3 cm³/mol. The molecule has 1 saturated heterocycles. The molecule has 0 spiro atoms. The van der Waals surface area contributed by atoms with Gasteiger partial charge in [0.05, 0.1) is 11.9 Å². The third-order valence-corrected chi connectivity index (χ3v) is 5.62. The van der Waals surface area contributed by atoms with Gasteiger partial charge in [-0.25, -0.2) is 4.79 Å². The topological polar surface area (TPSA) is 68.7 Å². The summed E-state index contributed by atoms with van der Waals surface area (Å²) in [6, 6.07) is 0. The van der Waals surface area contributed by atoms with Crippen molar-refractivity contribution in [3.8, 4) is 0 Å². The summed E-state index contributed by atoms with van der Waals surface area (Å²) in [6.45, 7) is 6.93. The van der Waals surface area contributed by atoms with E-state index >= 15 is 0 Å². The van der Waals surface area contributed by atoms with Crippen LogP contribution in [-0.2, 0) is 20.7 Å². The number of nitrogens with zero attached hydrogens (tertiary/aromatic N) is 2. The van der Waals surface area contributed by atoms with Crippen LogP contribution < -0.4 is 0 Å². The van der Waals surface area contributed by atoms with Crippen molar-refractivity contribution in [2.75, 3.05) is 13.1 Å². The van der Waals surface area contributed by atoms with Crippen LogP contribution in [0.1, 0.15) is 44.9 Å². The fourth-order valence-corrected chi connectivity index (χ4v) is 4.25. The second kappa shape index (κ2) is 7.32. The molecule has 0 N–H and O–H groups in total. The van der Waals surface area contributed by atoms with Gasteiger partial charge in [0.1, 0.15) is 11.7 Å². The highest BCUT2D eigenvalue weighted by Gasteiger charge is 2.46. The standard InChI is InChI=1S/C18H26N2O4S/c1-18(2,3)24-17(22)20-9-12-4-6-15(14(12)10-20)23-16(21)7-5-13-8-19-11-25-13/h8,11-12,14-15H,4-7,9-10H2,1-3H3/t12-,14+,15-/m0/s1. The Morgan fingerprint density at radius 2 is 2.12 bits per heavy atom. The zero-order chi connectivity index (χ0) is 18.0. The number of hydrogen-bond donors (Lipinski definition) is 0. The van der Waals surface area contributed by atoms with Gasteiger partial charge in [-0.3, -0.25) is 9.78 Å². The van der Waals surface area contributed by atoms with Crippen molar-refractivity contribution >= 4 is 23.4 Å². The maximum Gasteiger partial charge on any atom is 0.410 e. The lowest BCUT2D eigenvalue weighted by atomic mass is 9.99. The average molecular weight is 366 g/mol. The van der Waals surface area contributed by atoms with Gasteiger partial charge in [0.2, 0.25) is 0 Å². The molecule has 1 aliphatic carbocycles. The van der Waals surface area contributed by atoms with Gasteiger partial charge in [-0.05, 0) is 46.0 Å². The number of aromatic nitrogens is 1. The van der Waals surface area contributed by atoms with Crippen LogP contribution in [0.25, 0.3) is 0 Å². The van der Waals surface area contributed by atoms with E-state index in [2.05, 4.69) is 4.98 Å². The molecule has 1 aliphatic heterocycles. The molecule has 1 aromatic heterocycles. The van der Waals surface area contributed by atoms with Crippen LogP contribution in [0.4, 0.5) is 4.79 Å². The number of ether oxygens (including phenoxy) is 2. The highest BCUT2D eigenvalue weighted by atomic mass is 32.1. The summed E-state index contributed by atoms with van der Waals surface area (Å²) in [5, 5.41) is 0. The lowest BCUT2D eigenvalue weighted by molar-refractivity contribution is -0.150. The second-order valence-electron chi connectivity index (χ2n) is 7.88. The number of hydrogen-bond acceptors (Lipinski definition) is 6. The van der Waals surface area contributed by atoms with Crippen molar-refractivity contribution in [2.45, 2.75) is 58.2 Å². The first kappa shape index (κ1) is 18.2. The van der Waals surface area contributed by atoms with Crippen LogP contribution in [0, 0.1) is 11.8 Å². The maximum absolute atomic E-state index is 12.2. The predicted octanol–water partition coefficient (Wildman–Crippen LogP) is 3.26. The molecule has 2 aliphatic rings. The zero-order valence-corrected chi connectivity index (χ0v) is 15.9. The molecule has 0 aromatic carbocycles. The van der Waals surface area contributed by atoms with Crippen molar-refractivity contribution in [3.05, 3.63) is 16.6 Å². The molecule has 0 unspecified atom stereocenters. The van der Waals surface area contributed by atoms with Crippen LogP contribution in [0.2, 0.25) is 0 Å². The number of esters is 1. The van der Waals surface area contributed by atoms with Crippen molar-refractivity contribution in [2.24, 2.45) is 11.8 Å². The van der Waals surface area contributed by atoms with Crippen LogP contribution in [0.5, 0.6) is 0 Å². The van der Waals surface area contributed by atoms with Crippen molar-refractivity contribution < 1.29 is 19.1 Å². The van der Waals surface area contributed by atoms with Crippen molar-refractivity contribution in [3.63, 3.8) is 0 Å². The molecule has 0 radical (unpaired) electrons. The highest BCUT2D eigenvalue weighted by molar-refractivity contribution is 7.09. The van der Waals surface area contributed by atoms with E-state index < -0.39 is 5.60 Å². The van der Waals surface area contributed by atoms with Gasteiger partial charge < -0.3 is 14.4 Å². The van der Waals surface area contributed by atoms with Crippen molar-refractivity contribution in [1.29, 1.82) is 0 Å². The fourth-order valence-electron chi connectivity index (χ4n) is 3.66. The van der Waals surface area contributed by atoms with Crippen LogP contribution in [-0.4, -0.2) is 46.7 Å². The van der Waals surface area contributed by atoms with Gasteiger partial charge in [0.25, 0.3) is 0 Å². The molecule has 7 heteroatoms. The third kappa shape index (κ3) is 4.71. The molecular weight excluding hydrogens is 340 g/mol. The molecule has 2 fully saturated rings. The summed E-state index contributed by atoms with van der Waals surface area (Å²) in [5.74, 6) is 0.487. The minimum atomic E-state index is -0.489. The third-order valence-electron chi connectivity index (χ3n) is 4.78. The van der Waals surface area contributed by atoms with E-state index in [1.807, 2.05) is 20.8 Å². The smallest absolute Gasteiger partial charge is 0.410 e. The summed E-state index contributed by atoms with van der Waals surface area (Å²) in [5.41, 5.74) is 1.28. The van der Waals surface area contributed by atoms with Gasteiger partial charge in [-0.2, -0.15) is 0 Å². The van der Waals surface area contributed by atoms with E-state index in [0.717, 1.165) is 17.7 Å². The van der Waals surface area contributed by atoms with E-state index in [1.165, 1.54) is 0 Å². The second-order valence-corrected chi connectivity index (χ2v) is 8.85. The first-order valence-corrected chi connectivity index (χ1v) is 9.74. The molecule has 6 nitrogen and oxygen atoms in total. The molecule has 3 rings (SSSR count). The molecule has 138 valence electrons. The number of carbonyl (C=O) groups is 2. The molecule has 0 bridgehead atoms. The largest absolute Gasteiger partial charge is 0.462 e. The van der Waals surface area contributed by atoms with E-state index in [9.17, 15) is 9.59 Å². The first-order chi connectivity index (χ1) is 11.8. The van der Waals surface area contributed by atoms with E-state index in [0.29, 0.717) is 31.8 Å². The number of aryl methyl sites for hydroxylation is 1. The lowest BCUT2D eigenvalue weighted by Gasteiger charge is -2.25. The van der Waals surface area contributed by atoms with Crippen LogP contribution in [0.15, 0.2) is 11.7 Å². The van der Waals surface area contributed by atoms with Gasteiger partial charge >= 0.3 is 12.1 Å². The Balaban J connectivity index is 1.48. The van der Waals surface area contributed by atoms with Gasteiger partial charge in [0, 0.05) is 30.1 Å². The summed E-state index contributed by atoms with van der Waals surface area (Å²) < 4.78 is 11.2. The Morgan fingerprint density at radius 3 is 2.80 bits per heavy atom. The molecule has 3 atom stereocenters. The summed E-state index contributed by atoms with van der Waals surface area (Å²) in [4.78, 5) is 31.3. The molecule has 1 amide bonds. The van der Waals surface area contributed by atoms with Crippen LogP contribution >= 0.6 is 11.3 Å². The van der Waals surface area contributed by atoms with E-state index in [1.54, 1.807) is 27.9 Å². The fraction of sp³-hybridized carbons (Fsp3) is 0.722. The van der Waals surface area contributed by atoms with E-state index in [4.69, 9.17) is 9.47 Å². The number of fused-ring (bicyclic) bond motifs is 1. The van der Waals surface area contributed by atoms with Gasteiger partial charge in [-0.15, -0.1) is 11.3 Å². The molecule has 1 saturated carbocycles. The molecule has 2 heterocycles. The summed E-state index contributed by atoms with van der Waals surface area (Å²) in [7, 11) is 0. The Bertz CT molecular complexity index is 611. The summed E-state index contributed by atoms with van der Waals surface area (Å²) in [6.07, 6.45) is 4.39. The zero-order valence-electron chi connectivity index (χ0n) is 15.1. The highest BCUT2D eigenvalue weighted by Crippen LogP contribution is 2.40. The Labute approximate surface area is 152 Å². The van der Waals surface area contributed by atoms with Crippen LogP contribution in [0.3, 0.4) is 0 Å². The number of likely N-dealkylation sites (tertiary alicyclic amines) is 1. The first-order valence-electron chi connectivity index (χ1n) is 8.86. The van der Waals surface area contributed by atoms with Crippen molar-refractivity contribution in [1.82, 2.24) is 9.88 Å². The lowest BCUT2D eigenvalue weighted by Crippen LogP contribution is -2.37. The maximum atomic E-state index is 12.2. The van der Waals surface area contributed by atoms with E-state index in [-0.39, 0.29) is 24.1 Å². The SMILES string of the molecule is CC(C)(C)OC(=O)N1C[C@@H]2CC[C@H](OC(=O)CCc3cncs3)[C@@H]2C1. The normalized spacial score (nSPS) is 25.7. The minimum Gasteiger partial charge on any atom is -0.462 e. The molecular formula is C18H26N2O4S. The minimum absolute atomic E-state index is 0.0774. The average Bonchev–Trinajstić information content (AvgIpc) is 3.21.